The van der Waals surface area contributed by atoms with E-state index in [0.717, 1.165) is 16.9 Å². The molecule has 1 aromatic heterocycles. The summed E-state index contributed by atoms with van der Waals surface area (Å²) in [6, 6.07) is 0.906. The Morgan fingerprint density at radius 2 is 2.24 bits per heavy atom. The molecule has 2 rings (SSSR count). The van der Waals surface area contributed by atoms with Gasteiger partial charge in [0.25, 0.3) is 5.91 Å². The number of thiophene rings is 1. The Balaban J connectivity index is 2.25. The van der Waals surface area contributed by atoms with Gasteiger partial charge in [0, 0.05) is 18.0 Å². The van der Waals surface area contributed by atoms with Crippen molar-refractivity contribution in [3.8, 4) is 0 Å². The molecule has 1 aromatic rings. The van der Waals surface area contributed by atoms with E-state index in [1.807, 2.05) is 19.9 Å². The van der Waals surface area contributed by atoms with Gasteiger partial charge in [-0.3, -0.25) is 14.4 Å². The summed E-state index contributed by atoms with van der Waals surface area (Å²) in [5.41, 5.74) is 1.11. The van der Waals surface area contributed by atoms with Crippen molar-refractivity contribution in [1.82, 2.24) is 10.2 Å². The SMILES string of the molecule is CCc1cc(C(=O)N2CCNC(=O)[C@@H]2CC(=O)O)sc1C. The van der Waals surface area contributed by atoms with Crippen LogP contribution in [-0.4, -0.2) is 46.9 Å². The lowest BCUT2D eigenvalue weighted by Crippen LogP contribution is -2.57. The number of carboxylic acids is 1. The molecule has 21 heavy (non-hydrogen) atoms. The highest BCUT2D eigenvalue weighted by Gasteiger charge is 2.35. The van der Waals surface area contributed by atoms with E-state index in [0.29, 0.717) is 18.0 Å². The van der Waals surface area contributed by atoms with Crippen molar-refractivity contribution in [1.29, 1.82) is 0 Å². The van der Waals surface area contributed by atoms with Crippen molar-refractivity contribution in [2.24, 2.45) is 0 Å². The Bertz CT molecular complexity index is 582. The maximum atomic E-state index is 12.6. The fraction of sp³-hybridized carbons (Fsp3) is 0.500. The molecule has 1 aliphatic heterocycles. The summed E-state index contributed by atoms with van der Waals surface area (Å²) >= 11 is 1.39. The minimum absolute atomic E-state index is 0.260. The summed E-state index contributed by atoms with van der Waals surface area (Å²) < 4.78 is 0. The third kappa shape index (κ3) is 3.24. The van der Waals surface area contributed by atoms with E-state index in [2.05, 4.69) is 5.32 Å². The topological polar surface area (TPSA) is 86.7 Å². The molecule has 114 valence electrons. The highest BCUT2D eigenvalue weighted by molar-refractivity contribution is 7.14. The summed E-state index contributed by atoms with van der Waals surface area (Å²) in [7, 11) is 0. The third-order valence-electron chi connectivity index (χ3n) is 3.57. The minimum Gasteiger partial charge on any atom is -0.481 e. The number of carbonyl (C=O) groups is 3. The van der Waals surface area contributed by atoms with Gasteiger partial charge in [0.05, 0.1) is 11.3 Å². The summed E-state index contributed by atoms with van der Waals surface area (Å²) in [5, 5.41) is 11.5. The molecule has 6 nitrogen and oxygen atoms in total. The standard InChI is InChI=1S/C14H18N2O4S/c1-3-9-6-11(21-8(9)2)14(20)16-5-4-15-13(19)10(16)7-12(17)18/h6,10H,3-5,7H2,1-2H3,(H,15,19)(H,17,18)/t10-/m0/s1. The lowest BCUT2D eigenvalue weighted by molar-refractivity contribution is -0.142. The maximum absolute atomic E-state index is 12.6. The minimum atomic E-state index is -1.09. The first-order chi connectivity index (χ1) is 9.93. The van der Waals surface area contributed by atoms with Crippen molar-refractivity contribution in [3.63, 3.8) is 0 Å². The predicted octanol–water partition coefficient (Wildman–Crippen LogP) is 1.03. The van der Waals surface area contributed by atoms with E-state index in [-0.39, 0.29) is 12.3 Å². The second-order valence-electron chi connectivity index (χ2n) is 4.95. The molecule has 0 aliphatic carbocycles. The van der Waals surface area contributed by atoms with E-state index in [1.165, 1.54) is 16.2 Å². The average molecular weight is 310 g/mol. The second kappa shape index (κ2) is 6.26. The highest BCUT2D eigenvalue weighted by atomic mass is 32.1. The third-order valence-corrected chi connectivity index (χ3v) is 4.65. The molecule has 0 spiro atoms. The number of carboxylic acid groups (broad SMARTS) is 1. The first kappa shape index (κ1) is 15.5. The van der Waals surface area contributed by atoms with Gasteiger partial charge in [-0.1, -0.05) is 6.92 Å². The molecule has 0 radical (unpaired) electrons. The monoisotopic (exact) mass is 310 g/mol. The largest absolute Gasteiger partial charge is 0.481 e. The quantitative estimate of drug-likeness (QED) is 0.870. The first-order valence-corrected chi connectivity index (χ1v) is 7.65. The molecule has 0 unspecified atom stereocenters. The van der Waals surface area contributed by atoms with Crippen LogP contribution in [0, 0.1) is 6.92 Å². The molecular weight excluding hydrogens is 292 g/mol. The van der Waals surface area contributed by atoms with Crippen molar-refractivity contribution in [2.45, 2.75) is 32.7 Å². The van der Waals surface area contributed by atoms with E-state index in [1.54, 1.807) is 0 Å². The number of nitrogens with one attached hydrogen (secondary N) is 1. The number of nitrogens with zero attached hydrogens (tertiary/aromatic N) is 1. The van der Waals surface area contributed by atoms with Gasteiger partial charge in [0.2, 0.25) is 5.91 Å². The van der Waals surface area contributed by atoms with Gasteiger partial charge in [-0.25, -0.2) is 0 Å². The van der Waals surface area contributed by atoms with Crippen molar-refractivity contribution in [3.05, 3.63) is 21.4 Å². The second-order valence-corrected chi connectivity index (χ2v) is 6.21. The first-order valence-electron chi connectivity index (χ1n) is 6.83. The normalized spacial score (nSPS) is 18.5. The van der Waals surface area contributed by atoms with E-state index in [9.17, 15) is 14.4 Å². The molecule has 1 atom stereocenters. The number of rotatable bonds is 4. The molecule has 0 aromatic carbocycles. The Kier molecular flexibility index (Phi) is 4.62. The van der Waals surface area contributed by atoms with Crippen LogP contribution in [0.15, 0.2) is 6.07 Å². The van der Waals surface area contributed by atoms with Gasteiger partial charge in [-0.05, 0) is 25.0 Å². The molecule has 7 heteroatoms. The van der Waals surface area contributed by atoms with E-state index >= 15 is 0 Å². The van der Waals surface area contributed by atoms with Gasteiger partial charge < -0.3 is 15.3 Å². The van der Waals surface area contributed by atoms with Crippen molar-refractivity contribution < 1.29 is 19.5 Å². The molecule has 2 N–H and O–H groups in total. The van der Waals surface area contributed by atoms with Crippen LogP contribution in [0.1, 0.15) is 33.5 Å². The van der Waals surface area contributed by atoms with Gasteiger partial charge >= 0.3 is 5.97 Å². The van der Waals surface area contributed by atoms with Crippen LogP contribution < -0.4 is 5.32 Å². The Labute approximate surface area is 126 Å². The number of piperazine rings is 1. The summed E-state index contributed by atoms with van der Waals surface area (Å²) in [4.78, 5) is 38.3. The van der Waals surface area contributed by atoms with Crippen LogP contribution in [0.2, 0.25) is 0 Å². The molecular formula is C14H18N2O4S. The Morgan fingerprint density at radius 3 is 2.81 bits per heavy atom. The van der Waals surface area contributed by atoms with E-state index < -0.39 is 17.9 Å². The fourth-order valence-corrected chi connectivity index (χ4v) is 3.51. The van der Waals surface area contributed by atoms with Crippen molar-refractivity contribution in [2.75, 3.05) is 13.1 Å². The predicted molar refractivity (Wildman–Crippen MR) is 78.5 cm³/mol. The summed E-state index contributed by atoms with van der Waals surface area (Å²) in [6.45, 7) is 4.66. The number of hydrogen-bond acceptors (Lipinski definition) is 4. The Morgan fingerprint density at radius 1 is 1.52 bits per heavy atom. The maximum Gasteiger partial charge on any atom is 0.305 e. The number of amides is 2. The average Bonchev–Trinajstić information content (AvgIpc) is 2.81. The van der Waals surface area contributed by atoms with Crippen LogP contribution in [-0.2, 0) is 16.0 Å². The smallest absolute Gasteiger partial charge is 0.305 e. The molecule has 0 bridgehead atoms. The molecule has 0 saturated carbocycles. The van der Waals surface area contributed by atoms with Gasteiger partial charge in [0.1, 0.15) is 6.04 Å². The zero-order chi connectivity index (χ0) is 15.6. The van der Waals surface area contributed by atoms with Crippen LogP contribution in [0.3, 0.4) is 0 Å². The number of aliphatic carboxylic acids is 1. The highest BCUT2D eigenvalue weighted by Crippen LogP contribution is 2.25. The number of aryl methyl sites for hydroxylation is 2. The van der Waals surface area contributed by atoms with Crippen molar-refractivity contribution >= 4 is 29.1 Å². The molecule has 2 heterocycles. The molecule has 2 amide bonds. The number of carbonyl (C=O) groups excluding carboxylic acids is 2. The lowest BCUT2D eigenvalue weighted by atomic mass is 10.1. The fourth-order valence-electron chi connectivity index (χ4n) is 2.44. The van der Waals surface area contributed by atoms with Crippen LogP contribution in [0.4, 0.5) is 0 Å². The summed E-state index contributed by atoms with van der Waals surface area (Å²) in [6.07, 6.45) is 0.469. The van der Waals surface area contributed by atoms with Crippen LogP contribution >= 0.6 is 11.3 Å². The Hall–Kier alpha value is -1.89. The van der Waals surface area contributed by atoms with Gasteiger partial charge in [0.15, 0.2) is 0 Å². The number of hydrogen-bond donors (Lipinski definition) is 2. The van der Waals surface area contributed by atoms with E-state index in [4.69, 9.17) is 5.11 Å². The van der Waals surface area contributed by atoms with Crippen LogP contribution in [0.5, 0.6) is 0 Å². The van der Waals surface area contributed by atoms with Gasteiger partial charge in [-0.2, -0.15) is 0 Å². The molecule has 1 fully saturated rings. The lowest BCUT2D eigenvalue weighted by Gasteiger charge is -2.33. The molecule has 1 saturated heterocycles. The van der Waals surface area contributed by atoms with Crippen LogP contribution in [0.25, 0.3) is 0 Å². The van der Waals surface area contributed by atoms with Gasteiger partial charge in [-0.15, -0.1) is 11.3 Å². The zero-order valence-electron chi connectivity index (χ0n) is 12.0. The molecule has 1 aliphatic rings. The zero-order valence-corrected chi connectivity index (χ0v) is 12.8. The summed E-state index contributed by atoms with van der Waals surface area (Å²) in [5.74, 6) is -1.75.